The second-order valence-electron chi connectivity index (χ2n) is 6.07. The average molecular weight is 334 g/mol. The predicted molar refractivity (Wildman–Crippen MR) is 92.9 cm³/mol. The summed E-state index contributed by atoms with van der Waals surface area (Å²) in [5.41, 5.74) is 1.21. The lowest BCUT2D eigenvalue weighted by molar-refractivity contribution is -0.0161. The van der Waals surface area contributed by atoms with E-state index in [9.17, 15) is 0 Å². The maximum atomic E-state index is 5.75. The Kier molecular flexibility index (Phi) is 5.77. The highest BCUT2D eigenvalue weighted by atomic mass is 16.7. The number of nitrogens with one attached hydrogen (secondary N) is 2. The van der Waals surface area contributed by atoms with Crippen molar-refractivity contribution < 1.29 is 14.2 Å². The van der Waals surface area contributed by atoms with Crippen LogP contribution in [0.5, 0.6) is 11.5 Å². The lowest BCUT2D eigenvalue weighted by Gasteiger charge is -2.30. The van der Waals surface area contributed by atoms with Gasteiger partial charge in [-0.05, 0) is 31.2 Å². The highest BCUT2D eigenvalue weighted by molar-refractivity contribution is 5.79. The van der Waals surface area contributed by atoms with Gasteiger partial charge in [0.15, 0.2) is 17.5 Å². The van der Waals surface area contributed by atoms with Crippen LogP contribution in [0, 0.1) is 0 Å². The van der Waals surface area contributed by atoms with E-state index in [1.54, 1.807) is 7.05 Å². The molecule has 0 bridgehead atoms. The smallest absolute Gasteiger partial charge is 0.231 e. The molecule has 132 valence electrons. The van der Waals surface area contributed by atoms with E-state index in [1.165, 1.54) is 5.56 Å². The molecule has 24 heavy (non-hydrogen) atoms. The Morgan fingerprint density at radius 3 is 3.00 bits per heavy atom. The maximum absolute atomic E-state index is 5.75. The number of ether oxygens (including phenoxy) is 3. The summed E-state index contributed by atoms with van der Waals surface area (Å²) in [6, 6.07) is 6.06. The molecule has 1 aromatic carbocycles. The fourth-order valence-corrected chi connectivity index (χ4v) is 2.84. The van der Waals surface area contributed by atoms with Crippen molar-refractivity contribution in [1.29, 1.82) is 0 Å². The molecule has 0 spiro atoms. The maximum Gasteiger partial charge on any atom is 0.231 e. The fourth-order valence-electron chi connectivity index (χ4n) is 2.84. The summed E-state index contributed by atoms with van der Waals surface area (Å²) in [5, 5.41) is 6.66. The van der Waals surface area contributed by atoms with Crippen molar-refractivity contribution in [3.05, 3.63) is 23.8 Å². The first-order valence-corrected chi connectivity index (χ1v) is 8.38. The zero-order valence-corrected chi connectivity index (χ0v) is 14.4. The van der Waals surface area contributed by atoms with E-state index in [0.717, 1.165) is 56.7 Å². The molecule has 7 nitrogen and oxygen atoms in total. The molecule has 3 rings (SSSR count). The lowest BCUT2D eigenvalue weighted by Crippen LogP contribution is -2.48. The zero-order valence-electron chi connectivity index (χ0n) is 14.4. The van der Waals surface area contributed by atoms with E-state index in [1.807, 2.05) is 12.1 Å². The van der Waals surface area contributed by atoms with Crippen molar-refractivity contribution in [1.82, 2.24) is 15.5 Å². The number of fused-ring (bicyclic) bond motifs is 1. The van der Waals surface area contributed by atoms with Gasteiger partial charge in [0.1, 0.15) is 0 Å². The van der Waals surface area contributed by atoms with Crippen LogP contribution in [0.3, 0.4) is 0 Å². The number of likely N-dealkylation sites (N-methyl/N-ethyl adjacent to an activating group) is 1. The molecule has 0 aliphatic carbocycles. The van der Waals surface area contributed by atoms with Crippen molar-refractivity contribution in [3.63, 3.8) is 0 Å². The van der Waals surface area contributed by atoms with E-state index in [4.69, 9.17) is 14.2 Å². The molecule has 7 heteroatoms. The summed E-state index contributed by atoms with van der Waals surface area (Å²) in [5.74, 6) is 2.45. The van der Waals surface area contributed by atoms with Crippen molar-refractivity contribution in [2.24, 2.45) is 4.99 Å². The van der Waals surface area contributed by atoms with Crippen LogP contribution in [-0.4, -0.2) is 70.6 Å². The number of nitrogens with zero attached hydrogens (tertiary/aromatic N) is 2. The average Bonchev–Trinajstić information content (AvgIpc) is 3.05. The molecule has 2 aliphatic heterocycles. The summed E-state index contributed by atoms with van der Waals surface area (Å²) in [4.78, 5) is 6.54. The Morgan fingerprint density at radius 2 is 2.17 bits per heavy atom. The van der Waals surface area contributed by atoms with Crippen molar-refractivity contribution in [2.75, 3.05) is 53.7 Å². The normalized spacial score (nSPS) is 20.9. The first kappa shape index (κ1) is 16.9. The van der Waals surface area contributed by atoms with Crippen LogP contribution in [0.15, 0.2) is 23.2 Å². The lowest BCUT2D eigenvalue weighted by atomic mass is 10.1. The first-order valence-electron chi connectivity index (χ1n) is 8.38. The Balaban J connectivity index is 1.39. The Labute approximate surface area is 143 Å². The number of morpholine rings is 1. The van der Waals surface area contributed by atoms with Crippen LogP contribution in [0.1, 0.15) is 5.56 Å². The van der Waals surface area contributed by atoms with Crippen LogP contribution in [-0.2, 0) is 11.2 Å². The third kappa shape index (κ3) is 4.52. The quantitative estimate of drug-likeness (QED) is 0.602. The molecule has 0 aromatic heterocycles. The number of hydrogen-bond acceptors (Lipinski definition) is 5. The third-order valence-electron chi connectivity index (χ3n) is 4.21. The summed E-state index contributed by atoms with van der Waals surface area (Å²) >= 11 is 0. The van der Waals surface area contributed by atoms with Gasteiger partial charge in [-0.25, -0.2) is 0 Å². The molecular formula is C17H26N4O3. The monoisotopic (exact) mass is 334 g/mol. The van der Waals surface area contributed by atoms with E-state index < -0.39 is 0 Å². The SMILES string of the molecule is CN=C(NCCc1ccc2c(c1)OCO2)NCC1CN(C)CCO1. The van der Waals surface area contributed by atoms with Gasteiger partial charge in [-0.15, -0.1) is 0 Å². The van der Waals surface area contributed by atoms with Crippen LogP contribution < -0.4 is 20.1 Å². The molecular weight excluding hydrogens is 308 g/mol. The third-order valence-corrected chi connectivity index (χ3v) is 4.21. The second-order valence-corrected chi connectivity index (χ2v) is 6.07. The van der Waals surface area contributed by atoms with Crippen molar-refractivity contribution in [2.45, 2.75) is 12.5 Å². The number of benzene rings is 1. The molecule has 1 atom stereocenters. The number of aliphatic imine (C=N–C) groups is 1. The van der Waals surface area contributed by atoms with Gasteiger partial charge in [0.05, 0.1) is 12.7 Å². The molecule has 2 heterocycles. The molecule has 1 fully saturated rings. The number of guanidine groups is 1. The highest BCUT2D eigenvalue weighted by Gasteiger charge is 2.17. The minimum Gasteiger partial charge on any atom is -0.454 e. The molecule has 1 saturated heterocycles. The van der Waals surface area contributed by atoms with Gasteiger partial charge in [0.2, 0.25) is 6.79 Å². The number of hydrogen-bond donors (Lipinski definition) is 2. The van der Waals surface area contributed by atoms with Gasteiger partial charge < -0.3 is 29.7 Å². The fraction of sp³-hybridized carbons (Fsp3) is 0.588. The Bertz CT molecular complexity index is 579. The van der Waals surface area contributed by atoms with E-state index in [0.29, 0.717) is 6.79 Å². The topological polar surface area (TPSA) is 67.4 Å². The zero-order chi connectivity index (χ0) is 16.8. The van der Waals surface area contributed by atoms with Crippen molar-refractivity contribution in [3.8, 4) is 11.5 Å². The van der Waals surface area contributed by atoms with E-state index >= 15 is 0 Å². The van der Waals surface area contributed by atoms with Gasteiger partial charge >= 0.3 is 0 Å². The van der Waals surface area contributed by atoms with Gasteiger partial charge in [-0.3, -0.25) is 4.99 Å². The van der Waals surface area contributed by atoms with Gasteiger partial charge in [-0.2, -0.15) is 0 Å². The molecule has 1 unspecified atom stereocenters. The van der Waals surface area contributed by atoms with Crippen LogP contribution in [0.25, 0.3) is 0 Å². The summed E-state index contributed by atoms with van der Waals surface area (Å²) in [6.45, 7) is 4.60. The highest BCUT2D eigenvalue weighted by Crippen LogP contribution is 2.32. The number of rotatable bonds is 5. The standard InChI is InChI=1S/C17H26N4O3/c1-18-17(20-10-14-11-21(2)7-8-22-14)19-6-5-13-3-4-15-16(9-13)24-12-23-15/h3-4,9,14H,5-8,10-12H2,1-2H3,(H2,18,19,20). The van der Waals surface area contributed by atoms with Crippen LogP contribution in [0.4, 0.5) is 0 Å². The molecule has 2 aliphatic rings. The first-order chi connectivity index (χ1) is 11.7. The molecule has 1 aromatic rings. The largest absolute Gasteiger partial charge is 0.454 e. The summed E-state index contributed by atoms with van der Waals surface area (Å²) < 4.78 is 16.5. The van der Waals surface area contributed by atoms with Crippen LogP contribution >= 0.6 is 0 Å². The second kappa shape index (κ2) is 8.21. The minimum atomic E-state index is 0.205. The van der Waals surface area contributed by atoms with Gasteiger partial charge in [0.25, 0.3) is 0 Å². The van der Waals surface area contributed by atoms with Crippen molar-refractivity contribution >= 4 is 5.96 Å². The summed E-state index contributed by atoms with van der Waals surface area (Å²) in [6.07, 6.45) is 1.09. The Morgan fingerprint density at radius 1 is 1.29 bits per heavy atom. The Hall–Kier alpha value is -1.99. The van der Waals surface area contributed by atoms with E-state index in [2.05, 4.69) is 33.6 Å². The van der Waals surface area contributed by atoms with Gasteiger partial charge in [-0.1, -0.05) is 6.07 Å². The molecule has 0 saturated carbocycles. The van der Waals surface area contributed by atoms with Gasteiger partial charge in [0, 0.05) is 33.2 Å². The minimum absolute atomic E-state index is 0.205. The van der Waals surface area contributed by atoms with Crippen LogP contribution in [0.2, 0.25) is 0 Å². The van der Waals surface area contributed by atoms with E-state index in [-0.39, 0.29) is 6.10 Å². The molecule has 0 radical (unpaired) electrons. The molecule has 2 N–H and O–H groups in total. The predicted octanol–water partition coefficient (Wildman–Crippen LogP) is 0.453. The summed E-state index contributed by atoms with van der Waals surface area (Å²) in [7, 11) is 3.90. The molecule has 0 amide bonds.